The van der Waals surface area contributed by atoms with Crippen LogP contribution in [0.3, 0.4) is 0 Å². The zero-order chi connectivity index (χ0) is 15.8. The number of carbonyl (C=O) groups excluding carboxylic acids is 1. The minimum Gasteiger partial charge on any atom is -0.493 e. The van der Waals surface area contributed by atoms with Crippen molar-refractivity contribution in [2.45, 2.75) is 19.3 Å². The van der Waals surface area contributed by atoms with Crippen molar-refractivity contribution in [2.75, 3.05) is 40.0 Å². The van der Waals surface area contributed by atoms with Gasteiger partial charge in [-0.05, 0) is 43.5 Å². The van der Waals surface area contributed by atoms with Crippen LogP contribution in [0.4, 0.5) is 0 Å². The summed E-state index contributed by atoms with van der Waals surface area (Å²) < 4.78 is 10.6. The Hall–Kier alpha value is -1.59. The molecule has 1 aromatic rings. The molecule has 1 fully saturated rings. The summed E-state index contributed by atoms with van der Waals surface area (Å²) in [4.78, 5) is 14.5. The third-order valence-electron chi connectivity index (χ3n) is 4.08. The number of methoxy groups -OCH3 is 1. The van der Waals surface area contributed by atoms with Crippen molar-refractivity contribution in [1.29, 1.82) is 0 Å². The number of ether oxygens (including phenoxy) is 2. The molecule has 1 aliphatic rings. The Bertz CT molecular complexity index is 471. The molecule has 0 spiro atoms. The summed E-state index contributed by atoms with van der Waals surface area (Å²) in [5.74, 6) is 1.37. The topological polar surface area (TPSA) is 64.8 Å². The molecule has 0 radical (unpaired) electrons. The monoisotopic (exact) mass is 306 g/mol. The average molecular weight is 306 g/mol. The summed E-state index contributed by atoms with van der Waals surface area (Å²) in [5.41, 5.74) is 6.39. The first-order valence-corrected chi connectivity index (χ1v) is 7.95. The van der Waals surface area contributed by atoms with E-state index in [-0.39, 0.29) is 5.91 Å². The number of benzene rings is 1. The van der Waals surface area contributed by atoms with E-state index in [1.807, 2.05) is 29.2 Å². The molecule has 1 saturated heterocycles. The SMILES string of the molecule is COCCCOc1cccc(C(=O)N2CCC(CN)CC2)c1. The molecule has 5 nitrogen and oxygen atoms in total. The number of likely N-dealkylation sites (tertiary alicyclic amines) is 1. The lowest BCUT2D eigenvalue weighted by Crippen LogP contribution is -2.40. The van der Waals surface area contributed by atoms with E-state index in [4.69, 9.17) is 15.2 Å². The first-order chi connectivity index (χ1) is 10.7. The van der Waals surface area contributed by atoms with Crippen LogP contribution >= 0.6 is 0 Å². The maximum atomic E-state index is 12.5. The largest absolute Gasteiger partial charge is 0.493 e. The molecule has 5 heteroatoms. The second-order valence-electron chi connectivity index (χ2n) is 5.69. The van der Waals surface area contributed by atoms with E-state index < -0.39 is 0 Å². The number of piperidine rings is 1. The van der Waals surface area contributed by atoms with Crippen LogP contribution < -0.4 is 10.5 Å². The Morgan fingerprint density at radius 2 is 2.09 bits per heavy atom. The maximum absolute atomic E-state index is 12.5. The molecular weight excluding hydrogens is 280 g/mol. The van der Waals surface area contributed by atoms with Crippen LogP contribution in [-0.4, -0.2) is 50.8 Å². The molecule has 22 heavy (non-hydrogen) atoms. The summed E-state index contributed by atoms with van der Waals surface area (Å²) in [6.45, 7) is 3.56. The number of nitrogens with two attached hydrogens (primary N) is 1. The number of hydrogen-bond acceptors (Lipinski definition) is 4. The van der Waals surface area contributed by atoms with Gasteiger partial charge in [0.2, 0.25) is 0 Å². The number of rotatable bonds is 7. The van der Waals surface area contributed by atoms with Crippen molar-refractivity contribution >= 4 is 5.91 Å². The van der Waals surface area contributed by atoms with Gasteiger partial charge in [0.05, 0.1) is 6.61 Å². The predicted octanol–water partition coefficient (Wildman–Crippen LogP) is 1.91. The molecule has 122 valence electrons. The number of hydrogen-bond donors (Lipinski definition) is 1. The van der Waals surface area contributed by atoms with Gasteiger partial charge in [-0.25, -0.2) is 0 Å². The smallest absolute Gasteiger partial charge is 0.253 e. The van der Waals surface area contributed by atoms with E-state index >= 15 is 0 Å². The molecule has 0 aromatic heterocycles. The van der Waals surface area contributed by atoms with E-state index in [1.54, 1.807) is 7.11 Å². The van der Waals surface area contributed by atoms with Crippen LogP contribution in [0.5, 0.6) is 5.75 Å². The van der Waals surface area contributed by atoms with Crippen molar-refractivity contribution in [3.05, 3.63) is 29.8 Å². The maximum Gasteiger partial charge on any atom is 0.253 e. The Morgan fingerprint density at radius 1 is 1.32 bits per heavy atom. The van der Waals surface area contributed by atoms with Gasteiger partial charge in [0.25, 0.3) is 5.91 Å². The van der Waals surface area contributed by atoms with Gasteiger partial charge in [-0.2, -0.15) is 0 Å². The molecule has 1 aromatic carbocycles. The number of carbonyl (C=O) groups is 1. The summed E-state index contributed by atoms with van der Waals surface area (Å²) in [6, 6.07) is 7.42. The highest BCUT2D eigenvalue weighted by Gasteiger charge is 2.22. The average Bonchev–Trinajstić information content (AvgIpc) is 2.58. The van der Waals surface area contributed by atoms with Gasteiger partial charge in [-0.15, -0.1) is 0 Å². The van der Waals surface area contributed by atoms with Gasteiger partial charge >= 0.3 is 0 Å². The van der Waals surface area contributed by atoms with E-state index in [1.165, 1.54) is 0 Å². The Balaban J connectivity index is 1.90. The fourth-order valence-corrected chi connectivity index (χ4v) is 2.67. The lowest BCUT2D eigenvalue weighted by atomic mass is 9.96. The van der Waals surface area contributed by atoms with Gasteiger partial charge in [0, 0.05) is 38.8 Å². The van der Waals surface area contributed by atoms with Crippen LogP contribution in [0.2, 0.25) is 0 Å². The normalized spacial score (nSPS) is 15.8. The molecule has 0 saturated carbocycles. The van der Waals surface area contributed by atoms with Crippen molar-refractivity contribution in [1.82, 2.24) is 4.90 Å². The highest BCUT2D eigenvalue weighted by Crippen LogP contribution is 2.20. The quantitative estimate of drug-likeness (QED) is 0.782. The van der Waals surface area contributed by atoms with E-state index in [0.29, 0.717) is 31.2 Å². The zero-order valence-corrected chi connectivity index (χ0v) is 13.3. The lowest BCUT2D eigenvalue weighted by Gasteiger charge is -2.31. The van der Waals surface area contributed by atoms with Crippen LogP contribution in [0.1, 0.15) is 29.6 Å². The third-order valence-corrected chi connectivity index (χ3v) is 4.08. The minimum absolute atomic E-state index is 0.0813. The van der Waals surface area contributed by atoms with Crippen molar-refractivity contribution in [3.8, 4) is 5.75 Å². The molecule has 0 bridgehead atoms. The molecular formula is C17H26N2O3. The summed E-state index contributed by atoms with van der Waals surface area (Å²) in [7, 11) is 1.67. The van der Waals surface area contributed by atoms with Crippen LogP contribution in [0.15, 0.2) is 24.3 Å². The third kappa shape index (κ3) is 4.71. The summed E-state index contributed by atoms with van der Waals surface area (Å²) >= 11 is 0. The van der Waals surface area contributed by atoms with E-state index in [9.17, 15) is 4.79 Å². The summed E-state index contributed by atoms with van der Waals surface area (Å²) in [6.07, 6.45) is 2.83. The van der Waals surface area contributed by atoms with Gasteiger partial charge in [0.15, 0.2) is 0 Å². The molecule has 0 atom stereocenters. The van der Waals surface area contributed by atoms with Crippen molar-refractivity contribution in [3.63, 3.8) is 0 Å². The van der Waals surface area contributed by atoms with E-state index in [0.717, 1.165) is 38.1 Å². The summed E-state index contributed by atoms with van der Waals surface area (Å²) in [5, 5.41) is 0. The van der Waals surface area contributed by atoms with Gasteiger partial charge in [-0.3, -0.25) is 4.79 Å². The van der Waals surface area contributed by atoms with Crippen LogP contribution in [0, 0.1) is 5.92 Å². The molecule has 1 aliphatic heterocycles. The first kappa shape index (κ1) is 16.8. The Kier molecular flexibility index (Phi) is 6.68. The highest BCUT2D eigenvalue weighted by molar-refractivity contribution is 5.94. The second kappa shape index (κ2) is 8.76. The molecule has 0 aliphatic carbocycles. The zero-order valence-electron chi connectivity index (χ0n) is 13.3. The number of nitrogens with zero attached hydrogens (tertiary/aromatic N) is 1. The van der Waals surface area contributed by atoms with Gasteiger partial charge in [0.1, 0.15) is 5.75 Å². The molecule has 0 unspecified atom stereocenters. The van der Waals surface area contributed by atoms with Crippen LogP contribution in [0.25, 0.3) is 0 Å². The van der Waals surface area contributed by atoms with Gasteiger partial charge < -0.3 is 20.1 Å². The molecule has 2 rings (SSSR count). The predicted molar refractivity (Wildman–Crippen MR) is 86.1 cm³/mol. The second-order valence-corrected chi connectivity index (χ2v) is 5.69. The lowest BCUT2D eigenvalue weighted by molar-refractivity contribution is 0.0693. The van der Waals surface area contributed by atoms with Crippen molar-refractivity contribution in [2.24, 2.45) is 11.7 Å². The van der Waals surface area contributed by atoms with Crippen LogP contribution in [-0.2, 0) is 4.74 Å². The molecule has 1 amide bonds. The fraction of sp³-hybridized carbons (Fsp3) is 0.588. The fourth-order valence-electron chi connectivity index (χ4n) is 2.67. The van der Waals surface area contributed by atoms with E-state index in [2.05, 4.69) is 0 Å². The molecule has 2 N–H and O–H groups in total. The highest BCUT2D eigenvalue weighted by atomic mass is 16.5. The number of amides is 1. The Labute approximate surface area is 132 Å². The Morgan fingerprint density at radius 3 is 2.77 bits per heavy atom. The van der Waals surface area contributed by atoms with Crippen molar-refractivity contribution < 1.29 is 14.3 Å². The molecule has 1 heterocycles. The van der Waals surface area contributed by atoms with Gasteiger partial charge in [-0.1, -0.05) is 6.07 Å². The minimum atomic E-state index is 0.0813. The first-order valence-electron chi connectivity index (χ1n) is 7.95. The standard InChI is InChI=1S/C17H26N2O3/c1-21-10-3-11-22-16-5-2-4-15(12-16)17(20)19-8-6-14(13-18)7-9-19/h2,4-5,12,14H,3,6-11,13,18H2,1H3.